The van der Waals surface area contributed by atoms with Gasteiger partial charge in [-0.05, 0) is 37.1 Å². The molecular weight excluding hydrogens is 193 g/mol. The first-order chi connectivity index (χ1) is 7.00. The van der Waals surface area contributed by atoms with Gasteiger partial charge in [-0.25, -0.2) is 4.39 Å². The maximum Gasteiger partial charge on any atom is 0.130 e. The van der Waals surface area contributed by atoms with Crippen LogP contribution in [0.3, 0.4) is 0 Å². The summed E-state index contributed by atoms with van der Waals surface area (Å²) in [5.74, 6) is -0.122. The number of benzene rings is 1. The van der Waals surface area contributed by atoms with Gasteiger partial charge >= 0.3 is 0 Å². The highest BCUT2D eigenvalue weighted by atomic mass is 19.1. The molecule has 0 fully saturated rings. The van der Waals surface area contributed by atoms with Crippen molar-refractivity contribution in [3.05, 3.63) is 29.6 Å². The lowest BCUT2D eigenvalue weighted by atomic mass is 10.1. The van der Waals surface area contributed by atoms with E-state index in [0.717, 1.165) is 11.3 Å². The largest absolute Gasteiger partial charge is 0.377 e. The number of hydrogen-bond acceptors (Lipinski definition) is 2. The Hall–Kier alpha value is -1.38. The quantitative estimate of drug-likeness (QED) is 0.759. The van der Waals surface area contributed by atoms with Crippen LogP contribution in [0.5, 0.6) is 0 Å². The molecule has 1 rings (SSSR count). The molecule has 82 valence electrons. The Morgan fingerprint density at radius 1 is 1.40 bits per heavy atom. The Balaban J connectivity index is 2.91. The highest BCUT2D eigenvalue weighted by molar-refractivity contribution is 5.76. The summed E-state index contributed by atoms with van der Waals surface area (Å²) in [6, 6.07) is 4.68. The Morgan fingerprint density at radius 3 is 2.60 bits per heavy atom. The highest BCUT2D eigenvalue weighted by Crippen LogP contribution is 2.21. The van der Waals surface area contributed by atoms with Crippen molar-refractivity contribution in [3.63, 3.8) is 0 Å². The van der Waals surface area contributed by atoms with E-state index in [1.54, 1.807) is 13.0 Å². The van der Waals surface area contributed by atoms with Crippen molar-refractivity contribution in [2.45, 2.75) is 19.8 Å². The normalized spacial score (nSPS) is 10.1. The number of nitrogens with zero attached hydrogens (tertiary/aromatic N) is 1. The zero-order valence-corrected chi connectivity index (χ0v) is 9.38. The van der Waals surface area contributed by atoms with Gasteiger partial charge in [0.1, 0.15) is 11.6 Å². The first-order valence-electron chi connectivity index (χ1n) is 4.96. The molecule has 0 saturated carbocycles. The van der Waals surface area contributed by atoms with E-state index in [1.165, 1.54) is 12.1 Å². The topological polar surface area (TPSA) is 20.3 Å². The first-order valence-corrected chi connectivity index (χ1v) is 4.96. The Morgan fingerprint density at radius 2 is 2.07 bits per heavy atom. The van der Waals surface area contributed by atoms with Gasteiger partial charge < -0.3 is 9.69 Å². The number of carbonyl (C=O) groups excluding carboxylic acids is 1. The molecule has 15 heavy (non-hydrogen) atoms. The summed E-state index contributed by atoms with van der Waals surface area (Å²) in [6.07, 6.45) is 1.06. The van der Waals surface area contributed by atoms with Crippen LogP contribution in [0.25, 0.3) is 0 Å². The van der Waals surface area contributed by atoms with E-state index >= 15 is 0 Å². The van der Waals surface area contributed by atoms with E-state index in [4.69, 9.17) is 0 Å². The van der Waals surface area contributed by atoms with Gasteiger partial charge in [0.05, 0.1) is 0 Å². The van der Waals surface area contributed by atoms with E-state index in [9.17, 15) is 9.18 Å². The molecule has 0 heterocycles. The number of hydrogen-bond donors (Lipinski definition) is 0. The second-order valence-electron chi connectivity index (χ2n) is 3.87. The van der Waals surface area contributed by atoms with Gasteiger partial charge in [-0.15, -0.1) is 0 Å². The van der Waals surface area contributed by atoms with Crippen molar-refractivity contribution in [3.8, 4) is 0 Å². The zero-order valence-electron chi connectivity index (χ0n) is 9.38. The van der Waals surface area contributed by atoms with Gasteiger partial charge in [0.2, 0.25) is 0 Å². The van der Waals surface area contributed by atoms with Crippen LogP contribution in [0.2, 0.25) is 0 Å². The van der Waals surface area contributed by atoms with Gasteiger partial charge in [0.15, 0.2) is 0 Å². The molecule has 0 spiro atoms. The number of rotatable bonds is 4. The average Bonchev–Trinajstić information content (AvgIpc) is 2.14. The summed E-state index contributed by atoms with van der Waals surface area (Å²) < 4.78 is 13.0. The van der Waals surface area contributed by atoms with Crippen molar-refractivity contribution >= 4 is 11.5 Å². The van der Waals surface area contributed by atoms with E-state index < -0.39 is 0 Å². The zero-order chi connectivity index (χ0) is 11.4. The molecule has 0 saturated heterocycles. The van der Waals surface area contributed by atoms with Crippen LogP contribution in [0.15, 0.2) is 18.2 Å². The third-order valence-corrected chi connectivity index (χ3v) is 2.27. The van der Waals surface area contributed by atoms with Crippen molar-refractivity contribution in [2.75, 3.05) is 19.0 Å². The van der Waals surface area contributed by atoms with Gasteiger partial charge in [0, 0.05) is 26.2 Å². The third kappa shape index (κ3) is 3.35. The summed E-state index contributed by atoms with van der Waals surface area (Å²) in [4.78, 5) is 12.8. The number of Topliss-reactive ketones (excluding diaryl/α,β-unsaturated/α-hetero) is 1. The summed E-state index contributed by atoms with van der Waals surface area (Å²) in [6.45, 7) is 1.55. The van der Waals surface area contributed by atoms with Gasteiger partial charge in [0.25, 0.3) is 0 Å². The molecule has 0 aliphatic heterocycles. The lowest BCUT2D eigenvalue weighted by Gasteiger charge is -2.17. The number of ketones is 1. The van der Waals surface area contributed by atoms with Crippen molar-refractivity contribution in [1.82, 2.24) is 0 Å². The van der Waals surface area contributed by atoms with Crippen LogP contribution in [-0.2, 0) is 11.2 Å². The SMILES string of the molecule is CC(=O)CCc1cc(F)ccc1N(C)C. The summed E-state index contributed by atoms with van der Waals surface area (Å²) in [7, 11) is 3.81. The monoisotopic (exact) mass is 209 g/mol. The minimum atomic E-state index is -0.251. The minimum absolute atomic E-state index is 0.129. The molecule has 0 bridgehead atoms. The van der Waals surface area contributed by atoms with Crippen molar-refractivity contribution in [1.29, 1.82) is 0 Å². The number of anilines is 1. The second-order valence-corrected chi connectivity index (χ2v) is 3.87. The van der Waals surface area contributed by atoms with Crippen LogP contribution in [-0.4, -0.2) is 19.9 Å². The Bertz CT molecular complexity index is 361. The maximum atomic E-state index is 13.0. The van der Waals surface area contributed by atoms with E-state index in [-0.39, 0.29) is 11.6 Å². The maximum absolute atomic E-state index is 13.0. The van der Waals surface area contributed by atoms with E-state index in [2.05, 4.69) is 0 Å². The van der Waals surface area contributed by atoms with Crippen molar-refractivity contribution in [2.24, 2.45) is 0 Å². The summed E-state index contributed by atoms with van der Waals surface area (Å²) >= 11 is 0. The summed E-state index contributed by atoms with van der Waals surface area (Å²) in [5, 5.41) is 0. The van der Waals surface area contributed by atoms with E-state index in [1.807, 2.05) is 19.0 Å². The molecule has 0 amide bonds. The van der Waals surface area contributed by atoms with Crippen LogP contribution in [0.1, 0.15) is 18.9 Å². The molecule has 0 atom stereocenters. The van der Waals surface area contributed by atoms with Crippen LogP contribution >= 0.6 is 0 Å². The predicted octanol–water partition coefficient (Wildman–Crippen LogP) is 2.41. The number of halogens is 1. The molecule has 0 unspecified atom stereocenters. The Kier molecular flexibility index (Phi) is 3.83. The fraction of sp³-hybridized carbons (Fsp3) is 0.417. The van der Waals surface area contributed by atoms with Gasteiger partial charge in [-0.2, -0.15) is 0 Å². The fourth-order valence-corrected chi connectivity index (χ4v) is 1.50. The number of carbonyl (C=O) groups is 1. The van der Waals surface area contributed by atoms with Crippen molar-refractivity contribution < 1.29 is 9.18 Å². The van der Waals surface area contributed by atoms with Gasteiger partial charge in [-0.1, -0.05) is 0 Å². The second kappa shape index (κ2) is 4.91. The molecule has 1 aromatic carbocycles. The smallest absolute Gasteiger partial charge is 0.130 e. The summed E-state index contributed by atoms with van der Waals surface area (Å²) in [5.41, 5.74) is 1.85. The average molecular weight is 209 g/mol. The molecule has 0 N–H and O–H groups in total. The molecule has 0 aliphatic carbocycles. The first kappa shape index (κ1) is 11.7. The third-order valence-electron chi connectivity index (χ3n) is 2.27. The van der Waals surface area contributed by atoms with Gasteiger partial charge in [-0.3, -0.25) is 0 Å². The molecule has 3 heteroatoms. The highest BCUT2D eigenvalue weighted by Gasteiger charge is 2.06. The molecule has 0 aromatic heterocycles. The van der Waals surface area contributed by atoms with Crippen LogP contribution in [0, 0.1) is 5.82 Å². The lowest BCUT2D eigenvalue weighted by molar-refractivity contribution is -0.116. The molecule has 0 aliphatic rings. The van der Waals surface area contributed by atoms with Crippen LogP contribution < -0.4 is 4.90 Å². The van der Waals surface area contributed by atoms with Crippen LogP contribution in [0.4, 0.5) is 10.1 Å². The molecule has 1 aromatic rings. The van der Waals surface area contributed by atoms with E-state index in [0.29, 0.717) is 12.8 Å². The molecule has 2 nitrogen and oxygen atoms in total. The minimum Gasteiger partial charge on any atom is -0.377 e. The standard InChI is InChI=1S/C12H16FNO/c1-9(15)4-5-10-8-11(13)6-7-12(10)14(2)3/h6-8H,4-5H2,1-3H3. The fourth-order valence-electron chi connectivity index (χ4n) is 1.50. The lowest BCUT2D eigenvalue weighted by Crippen LogP contribution is -2.12. The number of aryl methyl sites for hydroxylation is 1. The Labute approximate surface area is 89.7 Å². The molecule has 0 radical (unpaired) electrons. The predicted molar refractivity (Wildman–Crippen MR) is 59.7 cm³/mol. The molecular formula is C12H16FNO.